The minimum absolute atomic E-state index is 0.0342. The van der Waals surface area contributed by atoms with Gasteiger partial charge in [-0.15, -0.1) is 0 Å². The summed E-state index contributed by atoms with van der Waals surface area (Å²) in [6.45, 7) is 3.54. The first-order chi connectivity index (χ1) is 11.7. The largest absolute Gasteiger partial charge is 0.336 e. The van der Waals surface area contributed by atoms with E-state index in [1.807, 2.05) is 17.2 Å². The van der Waals surface area contributed by atoms with Gasteiger partial charge < -0.3 is 4.90 Å². The predicted molar refractivity (Wildman–Crippen MR) is 91.4 cm³/mol. The number of carbonyl (C=O) groups excluding carboxylic acids is 1. The number of carbonyl (C=O) groups is 1. The Morgan fingerprint density at radius 3 is 2.54 bits per heavy atom. The molecular formula is C17H19FN4OS. The van der Waals surface area contributed by atoms with Crippen LogP contribution < -0.4 is 0 Å². The molecule has 3 rings (SSSR count). The lowest BCUT2D eigenvalue weighted by Gasteiger charge is -2.34. The summed E-state index contributed by atoms with van der Waals surface area (Å²) in [5, 5.41) is 0.659. The average Bonchev–Trinajstić information content (AvgIpc) is 2.62. The monoisotopic (exact) mass is 346 g/mol. The Labute approximate surface area is 144 Å². The summed E-state index contributed by atoms with van der Waals surface area (Å²) in [7, 11) is 0. The van der Waals surface area contributed by atoms with Crippen LogP contribution in [-0.4, -0.2) is 58.1 Å². The van der Waals surface area contributed by atoms with Gasteiger partial charge in [-0.3, -0.25) is 9.69 Å². The highest BCUT2D eigenvalue weighted by molar-refractivity contribution is 7.98. The molecule has 0 atom stereocenters. The normalized spacial score (nSPS) is 15.5. The first-order valence-electron chi connectivity index (χ1n) is 7.78. The highest BCUT2D eigenvalue weighted by Gasteiger charge is 2.22. The number of amides is 1. The molecule has 1 fully saturated rings. The van der Waals surface area contributed by atoms with Crippen LogP contribution in [0.3, 0.4) is 0 Å². The van der Waals surface area contributed by atoms with Gasteiger partial charge in [0.1, 0.15) is 5.82 Å². The molecule has 1 aliphatic heterocycles. The molecule has 5 nitrogen and oxygen atoms in total. The molecule has 0 saturated carbocycles. The Bertz CT molecular complexity index is 702. The van der Waals surface area contributed by atoms with Crippen molar-refractivity contribution in [2.75, 3.05) is 32.4 Å². The quantitative estimate of drug-likeness (QED) is 0.628. The predicted octanol–water partition coefficient (Wildman–Crippen LogP) is 2.30. The fraction of sp³-hybridized carbons (Fsp3) is 0.353. The lowest BCUT2D eigenvalue weighted by atomic mass is 10.2. The third kappa shape index (κ3) is 4.10. The summed E-state index contributed by atoms with van der Waals surface area (Å²) in [5.74, 6) is -0.247. The van der Waals surface area contributed by atoms with Gasteiger partial charge in [-0.2, -0.15) is 0 Å². The number of nitrogens with zero attached hydrogens (tertiary/aromatic N) is 4. The number of benzene rings is 1. The lowest BCUT2D eigenvalue weighted by Crippen LogP contribution is -2.48. The van der Waals surface area contributed by atoms with Crippen LogP contribution in [-0.2, 0) is 6.54 Å². The number of hydrogen-bond acceptors (Lipinski definition) is 5. The van der Waals surface area contributed by atoms with Crippen LogP contribution >= 0.6 is 11.8 Å². The summed E-state index contributed by atoms with van der Waals surface area (Å²) >= 11 is 1.45. The van der Waals surface area contributed by atoms with Crippen molar-refractivity contribution in [1.82, 2.24) is 19.8 Å². The van der Waals surface area contributed by atoms with Gasteiger partial charge in [0.15, 0.2) is 5.16 Å². The number of thioether (sulfide) groups is 1. The van der Waals surface area contributed by atoms with Gasteiger partial charge in [0.2, 0.25) is 0 Å². The average molecular weight is 346 g/mol. The zero-order valence-electron chi connectivity index (χ0n) is 13.5. The zero-order chi connectivity index (χ0) is 16.9. The van der Waals surface area contributed by atoms with Crippen LogP contribution in [0.5, 0.6) is 0 Å². The van der Waals surface area contributed by atoms with E-state index in [2.05, 4.69) is 14.9 Å². The zero-order valence-corrected chi connectivity index (χ0v) is 14.3. The second kappa shape index (κ2) is 7.72. The van der Waals surface area contributed by atoms with E-state index >= 15 is 0 Å². The standard InChI is InChI=1S/C17H19FN4OS/c1-24-17-19-10-14(11-20-17)16(23)22-7-5-21(6-8-22)12-13-3-2-4-15(18)9-13/h2-4,9-11H,5-8,12H2,1H3. The fourth-order valence-corrected chi connectivity index (χ4v) is 3.03. The van der Waals surface area contributed by atoms with Crippen LogP contribution in [0.2, 0.25) is 0 Å². The molecule has 1 saturated heterocycles. The van der Waals surface area contributed by atoms with Gasteiger partial charge >= 0.3 is 0 Å². The maximum Gasteiger partial charge on any atom is 0.257 e. The van der Waals surface area contributed by atoms with E-state index in [0.717, 1.165) is 18.7 Å². The van der Waals surface area contributed by atoms with E-state index in [4.69, 9.17) is 0 Å². The molecular weight excluding hydrogens is 327 g/mol. The lowest BCUT2D eigenvalue weighted by molar-refractivity contribution is 0.0627. The highest BCUT2D eigenvalue weighted by Crippen LogP contribution is 2.13. The summed E-state index contributed by atoms with van der Waals surface area (Å²) in [6, 6.07) is 6.65. The SMILES string of the molecule is CSc1ncc(C(=O)N2CCN(Cc3cccc(F)c3)CC2)cn1. The molecule has 1 aromatic heterocycles. The second-order valence-electron chi connectivity index (χ2n) is 5.66. The van der Waals surface area contributed by atoms with Gasteiger partial charge in [-0.05, 0) is 24.0 Å². The third-order valence-corrected chi connectivity index (χ3v) is 4.59. The Kier molecular flexibility index (Phi) is 5.42. The van der Waals surface area contributed by atoms with Crippen LogP contribution in [0.15, 0.2) is 41.8 Å². The molecule has 126 valence electrons. The number of aromatic nitrogens is 2. The summed E-state index contributed by atoms with van der Waals surface area (Å²) in [6.07, 6.45) is 5.06. The van der Waals surface area contributed by atoms with Crippen LogP contribution in [0.25, 0.3) is 0 Å². The molecule has 2 aromatic rings. The molecule has 7 heteroatoms. The van der Waals surface area contributed by atoms with Gasteiger partial charge in [-0.1, -0.05) is 23.9 Å². The fourth-order valence-electron chi connectivity index (χ4n) is 2.72. The summed E-state index contributed by atoms with van der Waals surface area (Å²) in [5.41, 5.74) is 1.47. The van der Waals surface area contributed by atoms with E-state index < -0.39 is 0 Å². The van der Waals surface area contributed by atoms with Crippen LogP contribution in [0.4, 0.5) is 4.39 Å². The molecule has 1 aromatic carbocycles. The second-order valence-corrected chi connectivity index (χ2v) is 6.43. The summed E-state index contributed by atoms with van der Waals surface area (Å²) < 4.78 is 13.2. The number of hydrogen-bond donors (Lipinski definition) is 0. The molecule has 1 amide bonds. The van der Waals surface area contributed by atoms with Gasteiger partial charge in [-0.25, -0.2) is 14.4 Å². The summed E-state index contributed by atoms with van der Waals surface area (Å²) in [4.78, 5) is 24.8. The third-order valence-electron chi connectivity index (χ3n) is 4.01. The smallest absolute Gasteiger partial charge is 0.257 e. The van der Waals surface area contributed by atoms with Crippen LogP contribution in [0.1, 0.15) is 15.9 Å². The Morgan fingerprint density at radius 1 is 1.21 bits per heavy atom. The van der Waals surface area contributed by atoms with Gasteiger partial charge in [0, 0.05) is 45.1 Å². The van der Waals surface area contributed by atoms with Crippen molar-refractivity contribution in [3.05, 3.63) is 53.6 Å². The molecule has 0 unspecified atom stereocenters. The molecule has 0 bridgehead atoms. The molecule has 0 spiro atoms. The van der Waals surface area contributed by atoms with E-state index in [1.165, 1.54) is 17.8 Å². The first kappa shape index (κ1) is 16.9. The number of halogens is 1. The molecule has 0 N–H and O–H groups in total. The van der Waals surface area contributed by atoms with Crippen molar-refractivity contribution < 1.29 is 9.18 Å². The molecule has 24 heavy (non-hydrogen) atoms. The van der Waals surface area contributed by atoms with Gasteiger partial charge in [0.05, 0.1) is 5.56 Å². The van der Waals surface area contributed by atoms with Crippen molar-refractivity contribution in [3.8, 4) is 0 Å². The number of rotatable bonds is 4. The molecule has 1 aliphatic rings. The van der Waals surface area contributed by atoms with E-state index in [0.29, 0.717) is 30.4 Å². The maximum absolute atomic E-state index is 13.2. The van der Waals surface area contributed by atoms with Crippen molar-refractivity contribution >= 4 is 17.7 Å². The first-order valence-corrected chi connectivity index (χ1v) is 9.00. The Hall–Kier alpha value is -1.99. The van der Waals surface area contributed by atoms with E-state index in [9.17, 15) is 9.18 Å². The topological polar surface area (TPSA) is 49.3 Å². The Balaban J connectivity index is 1.55. The van der Waals surface area contributed by atoms with Crippen molar-refractivity contribution in [2.24, 2.45) is 0 Å². The molecule has 0 aliphatic carbocycles. The van der Waals surface area contributed by atoms with E-state index in [-0.39, 0.29) is 11.7 Å². The number of piperazine rings is 1. The van der Waals surface area contributed by atoms with Crippen LogP contribution in [0, 0.1) is 5.82 Å². The van der Waals surface area contributed by atoms with Gasteiger partial charge in [0.25, 0.3) is 5.91 Å². The van der Waals surface area contributed by atoms with Crippen molar-refractivity contribution in [2.45, 2.75) is 11.7 Å². The minimum Gasteiger partial charge on any atom is -0.336 e. The minimum atomic E-state index is -0.213. The molecule has 0 radical (unpaired) electrons. The van der Waals surface area contributed by atoms with Crippen molar-refractivity contribution in [3.63, 3.8) is 0 Å². The molecule has 2 heterocycles. The Morgan fingerprint density at radius 2 is 1.92 bits per heavy atom. The maximum atomic E-state index is 13.2. The highest BCUT2D eigenvalue weighted by atomic mass is 32.2. The van der Waals surface area contributed by atoms with E-state index in [1.54, 1.807) is 24.5 Å². The van der Waals surface area contributed by atoms with Crippen molar-refractivity contribution in [1.29, 1.82) is 0 Å².